The Labute approximate surface area is 159 Å². The van der Waals surface area contributed by atoms with Gasteiger partial charge < -0.3 is 9.30 Å². The van der Waals surface area contributed by atoms with Gasteiger partial charge in [0.15, 0.2) is 11.2 Å². The normalized spacial score (nSPS) is 11.1. The molecule has 0 amide bonds. The van der Waals surface area contributed by atoms with E-state index in [1.807, 2.05) is 6.92 Å². The maximum absolute atomic E-state index is 12.4. The first-order valence-electron chi connectivity index (χ1n) is 8.37. The highest BCUT2D eigenvalue weighted by atomic mass is 35.5. The van der Waals surface area contributed by atoms with Gasteiger partial charge in [-0.2, -0.15) is 0 Å². The predicted octanol–water partition coefficient (Wildman–Crippen LogP) is 1.78. The molecule has 2 heterocycles. The minimum atomic E-state index is -0.431. The lowest BCUT2D eigenvalue weighted by Gasteiger charge is -2.08. The quantitative estimate of drug-likeness (QED) is 0.489. The molecule has 0 N–H and O–H groups in total. The molecule has 142 valence electrons. The van der Waals surface area contributed by atoms with E-state index in [0.29, 0.717) is 34.9 Å². The number of benzene rings is 1. The molecule has 0 saturated carbocycles. The molecule has 3 rings (SSSR count). The summed E-state index contributed by atoms with van der Waals surface area (Å²) in [5.74, 6) is 0.103. The van der Waals surface area contributed by atoms with Crippen LogP contribution in [-0.2, 0) is 25.4 Å². The molecule has 0 unspecified atom stereocenters. The lowest BCUT2D eigenvalue weighted by Crippen LogP contribution is -2.37. The molecule has 27 heavy (non-hydrogen) atoms. The van der Waals surface area contributed by atoms with Crippen molar-refractivity contribution in [3.63, 3.8) is 0 Å². The van der Waals surface area contributed by atoms with Crippen molar-refractivity contribution in [2.45, 2.75) is 26.3 Å². The molecule has 9 heteroatoms. The summed E-state index contributed by atoms with van der Waals surface area (Å²) in [7, 11) is 2.99. The van der Waals surface area contributed by atoms with Gasteiger partial charge in [-0.05, 0) is 37.1 Å². The molecular weight excluding hydrogens is 372 g/mol. The zero-order chi connectivity index (χ0) is 19.7. The molecule has 0 fully saturated rings. The van der Waals surface area contributed by atoms with E-state index in [1.165, 1.54) is 17.9 Å². The molecule has 0 atom stereocenters. The number of esters is 1. The van der Waals surface area contributed by atoms with Gasteiger partial charge in [0.25, 0.3) is 5.56 Å². The van der Waals surface area contributed by atoms with Crippen LogP contribution in [0.2, 0.25) is 5.02 Å². The van der Waals surface area contributed by atoms with Gasteiger partial charge in [-0.15, -0.1) is 0 Å². The van der Waals surface area contributed by atoms with E-state index < -0.39 is 11.2 Å². The van der Waals surface area contributed by atoms with Gasteiger partial charge in [0, 0.05) is 32.1 Å². The maximum atomic E-state index is 12.4. The minimum Gasteiger partial charge on any atom is -0.426 e. The van der Waals surface area contributed by atoms with Crippen molar-refractivity contribution in [2.24, 2.45) is 14.1 Å². The summed E-state index contributed by atoms with van der Waals surface area (Å²) in [5, 5.41) is 0.579. The summed E-state index contributed by atoms with van der Waals surface area (Å²) in [5.41, 5.74) is 0.592. The first-order valence-corrected chi connectivity index (χ1v) is 8.75. The van der Waals surface area contributed by atoms with Crippen LogP contribution in [0.1, 0.15) is 18.4 Å². The largest absolute Gasteiger partial charge is 0.426 e. The van der Waals surface area contributed by atoms with Crippen LogP contribution in [0, 0.1) is 6.92 Å². The van der Waals surface area contributed by atoms with Gasteiger partial charge in [0.05, 0.1) is 6.33 Å². The molecule has 0 aliphatic heterocycles. The number of aryl methyl sites for hydroxylation is 3. The molecule has 0 aliphatic carbocycles. The van der Waals surface area contributed by atoms with E-state index in [-0.39, 0.29) is 12.4 Å². The van der Waals surface area contributed by atoms with Crippen LogP contribution < -0.4 is 16.0 Å². The van der Waals surface area contributed by atoms with Crippen LogP contribution in [-0.4, -0.2) is 24.7 Å². The van der Waals surface area contributed by atoms with Crippen LogP contribution in [0.3, 0.4) is 0 Å². The van der Waals surface area contributed by atoms with Crippen LogP contribution in [0.5, 0.6) is 5.75 Å². The van der Waals surface area contributed by atoms with Crippen molar-refractivity contribution in [3.05, 3.63) is 56.0 Å². The van der Waals surface area contributed by atoms with E-state index in [1.54, 1.807) is 29.8 Å². The summed E-state index contributed by atoms with van der Waals surface area (Å²) in [6.45, 7) is 2.21. The Morgan fingerprint density at radius 3 is 2.67 bits per heavy atom. The molecule has 3 aromatic rings. The Kier molecular flexibility index (Phi) is 5.18. The highest BCUT2D eigenvalue weighted by Gasteiger charge is 2.14. The summed E-state index contributed by atoms with van der Waals surface area (Å²) in [6.07, 6.45) is 2.14. The third-order valence-electron chi connectivity index (χ3n) is 4.36. The number of hydrogen-bond donors (Lipinski definition) is 0. The second-order valence-electron chi connectivity index (χ2n) is 6.30. The average Bonchev–Trinajstić information content (AvgIpc) is 3.04. The molecule has 0 saturated heterocycles. The number of rotatable bonds is 5. The fraction of sp³-hybridized carbons (Fsp3) is 0.333. The highest BCUT2D eigenvalue weighted by Crippen LogP contribution is 2.22. The van der Waals surface area contributed by atoms with Gasteiger partial charge in [-0.3, -0.25) is 18.7 Å². The lowest BCUT2D eigenvalue weighted by atomic mass is 10.2. The maximum Gasteiger partial charge on any atom is 0.332 e. The molecule has 0 radical (unpaired) electrons. The monoisotopic (exact) mass is 390 g/mol. The van der Waals surface area contributed by atoms with Gasteiger partial charge in [-0.1, -0.05) is 11.6 Å². The molecule has 0 aliphatic rings. The van der Waals surface area contributed by atoms with Crippen molar-refractivity contribution in [1.82, 2.24) is 18.7 Å². The van der Waals surface area contributed by atoms with Gasteiger partial charge >= 0.3 is 11.7 Å². The first-order chi connectivity index (χ1) is 12.8. The topological polar surface area (TPSA) is 88.1 Å². The fourth-order valence-electron chi connectivity index (χ4n) is 2.86. The molecule has 1 aromatic carbocycles. The number of carbonyl (C=O) groups excluding carboxylic acids is 1. The second-order valence-corrected chi connectivity index (χ2v) is 6.74. The van der Waals surface area contributed by atoms with Crippen molar-refractivity contribution >= 4 is 28.7 Å². The summed E-state index contributed by atoms with van der Waals surface area (Å²) >= 11 is 5.89. The Morgan fingerprint density at radius 2 is 1.96 bits per heavy atom. The van der Waals surface area contributed by atoms with Crippen LogP contribution >= 0.6 is 11.6 Å². The zero-order valence-electron chi connectivity index (χ0n) is 15.2. The minimum absolute atomic E-state index is 0.174. The number of nitrogens with zero attached hydrogens (tertiary/aromatic N) is 4. The van der Waals surface area contributed by atoms with Gasteiger partial charge in [-0.25, -0.2) is 9.78 Å². The zero-order valence-corrected chi connectivity index (χ0v) is 16.0. The van der Waals surface area contributed by atoms with Crippen molar-refractivity contribution in [1.29, 1.82) is 0 Å². The lowest BCUT2D eigenvalue weighted by molar-refractivity contribution is -0.134. The standard InChI is InChI=1S/C18H19ClN4O4/c1-11-9-12(19)6-7-13(11)27-14(24)5-4-8-23-10-20-16-15(23)17(25)22(3)18(26)21(16)2/h6-7,9-10H,4-5,8H2,1-3H3. The van der Waals surface area contributed by atoms with Crippen molar-refractivity contribution < 1.29 is 9.53 Å². The van der Waals surface area contributed by atoms with Crippen LogP contribution in [0.4, 0.5) is 0 Å². The third-order valence-corrected chi connectivity index (χ3v) is 4.59. The Morgan fingerprint density at radius 1 is 1.22 bits per heavy atom. The molecular formula is C18H19ClN4O4. The number of imidazole rings is 1. The van der Waals surface area contributed by atoms with E-state index in [4.69, 9.17) is 16.3 Å². The Balaban J connectivity index is 1.70. The van der Waals surface area contributed by atoms with E-state index >= 15 is 0 Å². The van der Waals surface area contributed by atoms with E-state index in [0.717, 1.165) is 10.1 Å². The summed E-state index contributed by atoms with van der Waals surface area (Å²) < 4.78 is 9.37. The average molecular weight is 391 g/mol. The number of hydrogen-bond acceptors (Lipinski definition) is 5. The third kappa shape index (κ3) is 3.66. The van der Waals surface area contributed by atoms with Crippen molar-refractivity contribution in [2.75, 3.05) is 0 Å². The number of ether oxygens (including phenoxy) is 1. The number of fused-ring (bicyclic) bond motifs is 1. The Bertz CT molecular complexity index is 1140. The first kappa shape index (κ1) is 18.9. The predicted molar refractivity (Wildman–Crippen MR) is 101 cm³/mol. The number of aromatic nitrogens is 4. The second kappa shape index (κ2) is 7.40. The summed E-state index contributed by atoms with van der Waals surface area (Å²) in [6, 6.07) is 5.04. The molecule has 0 spiro atoms. The van der Waals surface area contributed by atoms with Gasteiger partial charge in [0.1, 0.15) is 5.75 Å². The smallest absolute Gasteiger partial charge is 0.332 e. The van der Waals surface area contributed by atoms with Crippen LogP contribution in [0.25, 0.3) is 11.2 Å². The number of halogens is 1. The Hall–Kier alpha value is -2.87. The number of carbonyl (C=O) groups is 1. The highest BCUT2D eigenvalue weighted by molar-refractivity contribution is 6.30. The van der Waals surface area contributed by atoms with Crippen LogP contribution in [0.15, 0.2) is 34.1 Å². The van der Waals surface area contributed by atoms with E-state index in [9.17, 15) is 14.4 Å². The summed E-state index contributed by atoms with van der Waals surface area (Å²) in [4.78, 5) is 40.5. The van der Waals surface area contributed by atoms with Gasteiger partial charge in [0.2, 0.25) is 0 Å². The SMILES string of the molecule is Cc1cc(Cl)ccc1OC(=O)CCCn1cnc2c1c(=O)n(C)c(=O)n2C. The molecule has 0 bridgehead atoms. The van der Waals surface area contributed by atoms with Crippen molar-refractivity contribution in [3.8, 4) is 5.75 Å². The molecule has 2 aromatic heterocycles. The fourth-order valence-corrected chi connectivity index (χ4v) is 3.09. The van der Waals surface area contributed by atoms with E-state index in [2.05, 4.69) is 4.98 Å². The molecule has 8 nitrogen and oxygen atoms in total.